The van der Waals surface area contributed by atoms with Crippen LogP contribution in [-0.4, -0.2) is 8.32 Å². The summed E-state index contributed by atoms with van der Waals surface area (Å²) in [6.45, 7) is 21.1. The van der Waals surface area contributed by atoms with Gasteiger partial charge >= 0.3 is 0 Å². The van der Waals surface area contributed by atoms with E-state index in [2.05, 4.69) is 62.3 Å². The Hall–Kier alpha value is 0.177. The Balaban J connectivity index is 5.52. The highest BCUT2D eigenvalue weighted by atomic mass is 28.4. The molecule has 32 heavy (non-hydrogen) atoms. The summed E-state index contributed by atoms with van der Waals surface area (Å²) < 4.78 is 0. The molecule has 0 N–H and O–H groups in total. The third-order valence-corrected chi connectivity index (χ3v) is 15.0. The minimum absolute atomic E-state index is 0.0565. The van der Waals surface area contributed by atoms with Gasteiger partial charge in [-0.15, -0.1) is 0 Å². The number of hydrogen-bond acceptors (Lipinski definition) is 0. The van der Waals surface area contributed by atoms with Crippen LogP contribution in [0, 0.1) is 0 Å². The van der Waals surface area contributed by atoms with Crippen molar-refractivity contribution in [2.24, 2.45) is 0 Å². The molecule has 0 saturated heterocycles. The molecule has 0 saturated carbocycles. The zero-order chi connectivity index (χ0) is 24.7. The predicted molar refractivity (Wildman–Crippen MR) is 149 cm³/mol. The molecule has 0 aromatic heterocycles. The quantitative estimate of drug-likeness (QED) is 0.118. The summed E-state index contributed by atoms with van der Waals surface area (Å²) in [6.07, 6.45) is 22.9. The first-order valence-corrected chi connectivity index (χ1v) is 16.5. The minimum Gasteiger partial charge on any atom is -0.296 e. The first-order valence-electron chi connectivity index (χ1n) is 14.6. The summed E-state index contributed by atoms with van der Waals surface area (Å²) in [5, 5.41) is -0.169. The number of rotatable bonds is 21. The summed E-state index contributed by atoms with van der Waals surface area (Å²) in [7, 11) is -2.89. The van der Waals surface area contributed by atoms with Crippen molar-refractivity contribution in [3.8, 4) is 0 Å². The van der Waals surface area contributed by atoms with Crippen molar-refractivity contribution in [2.75, 3.05) is 0 Å². The lowest BCUT2D eigenvalue weighted by Crippen LogP contribution is -2.60. The second-order valence-electron chi connectivity index (χ2n) is 12.8. The second kappa shape index (κ2) is 16.0. The van der Waals surface area contributed by atoms with Gasteiger partial charge in [0.2, 0.25) is 0 Å². The molecule has 0 aromatic carbocycles. The van der Waals surface area contributed by atoms with Crippen LogP contribution in [0.5, 0.6) is 0 Å². The smallest absolute Gasteiger partial charge is 0.254 e. The molecule has 1 nitrogen and oxygen atoms in total. The molecule has 0 fully saturated rings. The summed E-state index contributed by atoms with van der Waals surface area (Å²) in [6, 6.07) is 0. The van der Waals surface area contributed by atoms with Gasteiger partial charge in [0, 0.05) is 0 Å². The van der Waals surface area contributed by atoms with E-state index < -0.39 is 8.32 Å². The zero-order valence-corrected chi connectivity index (χ0v) is 25.1. The van der Waals surface area contributed by atoms with Crippen molar-refractivity contribution < 1.29 is 4.80 Å². The van der Waals surface area contributed by atoms with E-state index in [0.717, 1.165) is 19.3 Å². The highest BCUT2D eigenvalue weighted by molar-refractivity contribution is 6.80. The number of hydrogen-bond donors (Lipinski definition) is 0. The molecule has 0 spiro atoms. The molecule has 0 atom stereocenters. The molecule has 0 aliphatic carbocycles. The third kappa shape index (κ3) is 9.81. The van der Waals surface area contributed by atoms with Gasteiger partial charge in [0.05, 0.1) is 0 Å². The lowest BCUT2D eigenvalue weighted by atomic mass is 10.0. The fraction of sp³-hybridized carbons (Fsp3) is 1.00. The predicted octanol–water partition coefficient (Wildman–Crippen LogP) is 11.8. The Morgan fingerprint density at radius 2 is 0.625 bits per heavy atom. The van der Waals surface area contributed by atoms with Crippen molar-refractivity contribution in [3.63, 3.8) is 0 Å². The Morgan fingerprint density at radius 3 is 0.844 bits per heavy atom. The Kier molecular flexibility index (Phi) is 16.0. The number of unbranched alkanes of at least 4 members (excludes halogenated alkanes) is 12. The zero-order valence-electron chi connectivity index (χ0n) is 24.1. The van der Waals surface area contributed by atoms with Crippen LogP contribution in [0.2, 0.25) is 15.1 Å². The monoisotopic (exact) mass is 467 g/mol. The summed E-state index contributed by atoms with van der Waals surface area (Å²) in [5.74, 6) is 0. The van der Waals surface area contributed by atoms with E-state index in [4.69, 9.17) is 0 Å². The van der Waals surface area contributed by atoms with Crippen LogP contribution < -0.4 is 0 Å². The van der Waals surface area contributed by atoms with Crippen LogP contribution in [0.1, 0.15) is 178 Å². The molecular formula is C30H63OSi. The molecule has 2 heteroatoms. The fourth-order valence-electron chi connectivity index (χ4n) is 6.79. The van der Waals surface area contributed by atoms with Gasteiger partial charge in [-0.3, -0.25) is 4.80 Å². The van der Waals surface area contributed by atoms with Gasteiger partial charge in [0.1, 0.15) is 0 Å². The van der Waals surface area contributed by atoms with Gasteiger partial charge in [-0.1, -0.05) is 159 Å². The Labute approximate surface area is 206 Å². The molecule has 1 radical (unpaired) electrons. The average Bonchev–Trinajstić information content (AvgIpc) is 2.72. The van der Waals surface area contributed by atoms with Crippen molar-refractivity contribution >= 4 is 8.32 Å². The molecule has 0 aliphatic rings. The van der Waals surface area contributed by atoms with Gasteiger partial charge in [-0.25, -0.2) is 0 Å². The summed E-state index contributed by atoms with van der Waals surface area (Å²) in [4.78, 5) is 15.5. The molecule has 0 aliphatic heterocycles. The molecule has 193 valence electrons. The van der Waals surface area contributed by atoms with Crippen molar-refractivity contribution in [1.82, 2.24) is 0 Å². The van der Waals surface area contributed by atoms with E-state index in [1.165, 1.54) is 96.3 Å². The van der Waals surface area contributed by atoms with Gasteiger partial charge < -0.3 is 0 Å². The van der Waals surface area contributed by atoms with Gasteiger partial charge in [-0.05, 0) is 34.4 Å². The van der Waals surface area contributed by atoms with Crippen LogP contribution in [0.3, 0.4) is 0 Å². The van der Waals surface area contributed by atoms with Gasteiger partial charge in [0.15, 0.2) is 0 Å². The van der Waals surface area contributed by atoms with Gasteiger partial charge in [0.25, 0.3) is 8.32 Å². The van der Waals surface area contributed by atoms with Crippen LogP contribution in [0.25, 0.3) is 0 Å². The molecule has 0 heterocycles. The molecule has 0 unspecified atom stereocenters. The minimum atomic E-state index is -2.89. The van der Waals surface area contributed by atoms with Crippen molar-refractivity contribution in [3.05, 3.63) is 0 Å². The first kappa shape index (κ1) is 32.2. The van der Waals surface area contributed by atoms with E-state index >= 15 is 4.80 Å². The lowest BCUT2D eigenvalue weighted by Gasteiger charge is -2.56. The fourth-order valence-corrected chi connectivity index (χ4v) is 13.9. The van der Waals surface area contributed by atoms with Gasteiger partial charge in [-0.2, -0.15) is 0 Å². The molecule has 0 rings (SSSR count). The maximum Gasteiger partial charge on any atom is 0.254 e. The van der Waals surface area contributed by atoms with Crippen LogP contribution >= 0.6 is 0 Å². The lowest BCUT2D eigenvalue weighted by molar-refractivity contribution is 0.255. The Bertz CT molecular complexity index is 387. The SMILES string of the molecule is CCCCCCCC(C)(C)[Si]([O])(C(C)(C)CCCCCCC)C(C)(C)CCCCCCC. The molecule has 0 aromatic rings. The normalized spacial score (nSPS) is 13.7. The van der Waals surface area contributed by atoms with Crippen LogP contribution in [-0.2, 0) is 4.80 Å². The van der Waals surface area contributed by atoms with E-state index in [1.807, 2.05) is 0 Å². The van der Waals surface area contributed by atoms with Crippen molar-refractivity contribution in [1.29, 1.82) is 0 Å². The van der Waals surface area contributed by atoms with Crippen molar-refractivity contribution in [2.45, 2.75) is 193 Å². The average molecular weight is 468 g/mol. The van der Waals surface area contributed by atoms with Crippen LogP contribution in [0.4, 0.5) is 0 Å². The second-order valence-corrected chi connectivity index (χ2v) is 18.2. The maximum absolute atomic E-state index is 15.5. The van der Waals surface area contributed by atoms with E-state index in [-0.39, 0.29) is 15.1 Å². The molecule has 0 bridgehead atoms. The van der Waals surface area contributed by atoms with Crippen LogP contribution in [0.15, 0.2) is 0 Å². The van der Waals surface area contributed by atoms with E-state index in [1.54, 1.807) is 0 Å². The molecule has 0 amide bonds. The summed E-state index contributed by atoms with van der Waals surface area (Å²) >= 11 is 0. The van der Waals surface area contributed by atoms with E-state index in [0.29, 0.717) is 0 Å². The highest BCUT2D eigenvalue weighted by Crippen LogP contribution is 2.65. The summed E-state index contributed by atoms with van der Waals surface area (Å²) in [5.41, 5.74) is 0. The third-order valence-electron chi connectivity index (χ3n) is 8.58. The Morgan fingerprint density at radius 1 is 0.406 bits per heavy atom. The highest BCUT2D eigenvalue weighted by Gasteiger charge is 2.65. The first-order chi connectivity index (χ1) is 14.9. The maximum atomic E-state index is 15.5. The molecular weight excluding hydrogens is 404 g/mol. The van der Waals surface area contributed by atoms with E-state index in [9.17, 15) is 0 Å². The largest absolute Gasteiger partial charge is 0.296 e. The topological polar surface area (TPSA) is 19.9 Å². The standard InChI is InChI=1S/C30H63OSi/c1-10-13-16-19-22-25-28(4,5)32(31,29(6,7)26-23-20-17-14-11-2)30(8,9)27-24-21-18-15-12-3/h10-27H2,1-9H3.